The van der Waals surface area contributed by atoms with E-state index in [2.05, 4.69) is 33.8 Å². The number of hydrogen-bond donors (Lipinski definition) is 2. The highest BCUT2D eigenvalue weighted by molar-refractivity contribution is 5.74. The van der Waals surface area contributed by atoms with Crippen LogP contribution in [0.5, 0.6) is 0 Å². The molecule has 0 aliphatic carbocycles. The molecule has 2 aliphatic rings. The Morgan fingerprint density at radius 3 is 2.76 bits per heavy atom. The lowest BCUT2D eigenvalue weighted by molar-refractivity contribution is 0.180. The Morgan fingerprint density at radius 2 is 2.00 bits per heavy atom. The van der Waals surface area contributed by atoms with Crippen LogP contribution in [0, 0.1) is 0 Å². The second kappa shape index (κ2) is 9.65. The molecular formula is C23H29N5O. The third-order valence-corrected chi connectivity index (χ3v) is 5.77. The molecule has 0 saturated carbocycles. The Balaban J connectivity index is 1.27. The van der Waals surface area contributed by atoms with E-state index in [0.717, 1.165) is 68.9 Å². The third kappa shape index (κ3) is 5.21. The number of benzene rings is 1. The minimum Gasteiger partial charge on any atom is -0.338 e. The first-order valence-corrected chi connectivity index (χ1v) is 10.6. The molecular weight excluding hydrogens is 362 g/mol. The number of nitrogens with one attached hydrogen (secondary N) is 2. The van der Waals surface area contributed by atoms with E-state index in [1.54, 1.807) is 0 Å². The molecule has 0 unspecified atom stereocenters. The topological polar surface area (TPSA) is 70.2 Å². The van der Waals surface area contributed by atoms with Gasteiger partial charge in [0.25, 0.3) is 0 Å². The summed E-state index contributed by atoms with van der Waals surface area (Å²) in [6.45, 7) is 4.21. The monoisotopic (exact) mass is 391 g/mol. The summed E-state index contributed by atoms with van der Waals surface area (Å²) in [5.74, 6) is 1.20. The molecule has 0 atom stereocenters. The molecule has 2 N–H and O–H groups in total. The van der Waals surface area contributed by atoms with Crippen LogP contribution in [0.3, 0.4) is 0 Å². The van der Waals surface area contributed by atoms with Crippen molar-refractivity contribution in [3.63, 3.8) is 0 Å². The highest BCUT2D eigenvalue weighted by Gasteiger charge is 2.25. The molecule has 6 nitrogen and oxygen atoms in total. The van der Waals surface area contributed by atoms with E-state index in [9.17, 15) is 4.79 Å². The molecule has 3 heterocycles. The Kier molecular flexibility index (Phi) is 6.52. The summed E-state index contributed by atoms with van der Waals surface area (Å²) in [5, 5.41) is 6.39. The number of carbonyl (C=O) groups excluding carboxylic acids is 1. The van der Waals surface area contributed by atoms with Gasteiger partial charge in [-0.3, -0.25) is 0 Å². The zero-order valence-electron chi connectivity index (χ0n) is 16.8. The minimum atomic E-state index is 0.0527. The van der Waals surface area contributed by atoms with Gasteiger partial charge < -0.3 is 15.5 Å². The predicted molar refractivity (Wildman–Crippen MR) is 115 cm³/mol. The number of rotatable bonds is 5. The first kappa shape index (κ1) is 19.6. The largest absolute Gasteiger partial charge is 0.338 e. The van der Waals surface area contributed by atoms with Gasteiger partial charge in [-0.25, -0.2) is 14.8 Å². The van der Waals surface area contributed by atoms with Crippen LogP contribution in [0.15, 0.2) is 54.2 Å². The lowest BCUT2D eigenvalue weighted by Gasteiger charge is -2.31. The number of aromatic nitrogens is 2. The Morgan fingerprint density at radius 1 is 1.17 bits per heavy atom. The van der Waals surface area contributed by atoms with Crippen molar-refractivity contribution in [2.24, 2.45) is 0 Å². The molecule has 2 aliphatic heterocycles. The fraction of sp³-hybridized carbons (Fsp3) is 0.435. The fourth-order valence-corrected chi connectivity index (χ4v) is 4.02. The van der Waals surface area contributed by atoms with E-state index in [0.29, 0.717) is 12.5 Å². The van der Waals surface area contributed by atoms with Gasteiger partial charge in [0, 0.05) is 43.9 Å². The van der Waals surface area contributed by atoms with Crippen molar-refractivity contribution >= 4 is 6.03 Å². The SMILES string of the molecule is O=C(NCCC1=CCNCC1)N1CCC(c2nccc(-c3ccccc3)n2)CC1. The first-order chi connectivity index (χ1) is 14.3. The zero-order valence-corrected chi connectivity index (χ0v) is 16.8. The summed E-state index contributed by atoms with van der Waals surface area (Å²) in [5.41, 5.74) is 3.51. The van der Waals surface area contributed by atoms with Crippen LogP contribution in [0.2, 0.25) is 0 Å². The molecule has 1 aromatic carbocycles. The first-order valence-electron chi connectivity index (χ1n) is 10.6. The summed E-state index contributed by atoms with van der Waals surface area (Å²) in [6, 6.07) is 12.2. The van der Waals surface area contributed by atoms with Gasteiger partial charge in [0.05, 0.1) is 5.69 Å². The number of piperidine rings is 1. The van der Waals surface area contributed by atoms with Crippen molar-refractivity contribution in [2.45, 2.75) is 31.6 Å². The van der Waals surface area contributed by atoms with Gasteiger partial charge in [-0.1, -0.05) is 42.0 Å². The molecule has 2 amide bonds. The van der Waals surface area contributed by atoms with Crippen LogP contribution >= 0.6 is 0 Å². The van der Waals surface area contributed by atoms with Gasteiger partial charge >= 0.3 is 6.03 Å². The highest BCUT2D eigenvalue weighted by atomic mass is 16.2. The average molecular weight is 392 g/mol. The van der Waals surface area contributed by atoms with E-state index in [1.807, 2.05) is 35.4 Å². The second-order valence-corrected chi connectivity index (χ2v) is 7.73. The molecule has 1 aromatic heterocycles. The highest BCUT2D eigenvalue weighted by Crippen LogP contribution is 2.27. The average Bonchev–Trinajstić information content (AvgIpc) is 2.80. The molecule has 29 heavy (non-hydrogen) atoms. The molecule has 152 valence electrons. The number of nitrogens with zero attached hydrogens (tertiary/aromatic N) is 3. The number of hydrogen-bond acceptors (Lipinski definition) is 4. The number of likely N-dealkylation sites (tertiary alicyclic amines) is 1. The molecule has 1 fully saturated rings. The van der Waals surface area contributed by atoms with Gasteiger partial charge in [0.2, 0.25) is 0 Å². The van der Waals surface area contributed by atoms with E-state index in [1.165, 1.54) is 5.57 Å². The Labute approximate surface area is 172 Å². The summed E-state index contributed by atoms with van der Waals surface area (Å²) in [4.78, 5) is 23.7. The van der Waals surface area contributed by atoms with E-state index in [-0.39, 0.29) is 6.03 Å². The van der Waals surface area contributed by atoms with Crippen molar-refractivity contribution < 1.29 is 4.79 Å². The van der Waals surface area contributed by atoms with Gasteiger partial charge in [0.1, 0.15) is 5.82 Å². The molecule has 6 heteroatoms. The lowest BCUT2D eigenvalue weighted by Crippen LogP contribution is -2.44. The van der Waals surface area contributed by atoms with Crippen molar-refractivity contribution in [2.75, 3.05) is 32.7 Å². The zero-order chi connectivity index (χ0) is 19.9. The van der Waals surface area contributed by atoms with Crippen molar-refractivity contribution in [3.05, 3.63) is 60.1 Å². The maximum absolute atomic E-state index is 12.5. The van der Waals surface area contributed by atoms with Crippen LogP contribution < -0.4 is 10.6 Å². The Bertz CT molecular complexity index is 843. The van der Waals surface area contributed by atoms with Crippen LogP contribution in [0.1, 0.15) is 37.4 Å². The Hall–Kier alpha value is -2.73. The molecule has 4 rings (SSSR count). The van der Waals surface area contributed by atoms with Crippen molar-refractivity contribution in [3.8, 4) is 11.3 Å². The number of urea groups is 1. The molecule has 0 bridgehead atoms. The van der Waals surface area contributed by atoms with Crippen molar-refractivity contribution in [1.29, 1.82) is 0 Å². The van der Waals surface area contributed by atoms with Gasteiger partial charge in [0.15, 0.2) is 0 Å². The normalized spacial score (nSPS) is 17.7. The van der Waals surface area contributed by atoms with Crippen LogP contribution in [-0.4, -0.2) is 53.6 Å². The van der Waals surface area contributed by atoms with Gasteiger partial charge in [-0.15, -0.1) is 0 Å². The summed E-state index contributed by atoms with van der Waals surface area (Å²) < 4.78 is 0. The summed E-state index contributed by atoms with van der Waals surface area (Å²) >= 11 is 0. The molecule has 2 aromatic rings. The third-order valence-electron chi connectivity index (χ3n) is 5.77. The lowest BCUT2D eigenvalue weighted by atomic mass is 9.96. The molecule has 1 saturated heterocycles. The molecule has 0 radical (unpaired) electrons. The maximum Gasteiger partial charge on any atom is 0.317 e. The predicted octanol–water partition coefficient (Wildman–Crippen LogP) is 3.34. The van der Waals surface area contributed by atoms with Crippen LogP contribution in [0.25, 0.3) is 11.3 Å². The smallest absolute Gasteiger partial charge is 0.317 e. The number of carbonyl (C=O) groups is 1. The standard InChI is InChI=1S/C23H29N5O/c29-23(26-14-8-18-6-12-24-13-7-18)28-16-10-20(11-17-28)22-25-15-9-21(27-22)19-4-2-1-3-5-19/h1-6,9,15,20,24H,7-8,10-14,16-17H2,(H,26,29). The van der Waals surface area contributed by atoms with E-state index in [4.69, 9.17) is 4.98 Å². The quantitative estimate of drug-likeness (QED) is 0.767. The van der Waals surface area contributed by atoms with E-state index < -0.39 is 0 Å². The van der Waals surface area contributed by atoms with E-state index >= 15 is 0 Å². The maximum atomic E-state index is 12.5. The van der Waals surface area contributed by atoms with Gasteiger partial charge in [-0.05, 0) is 38.3 Å². The molecule has 0 spiro atoms. The second-order valence-electron chi connectivity index (χ2n) is 7.73. The minimum absolute atomic E-state index is 0.0527. The number of amides is 2. The van der Waals surface area contributed by atoms with Gasteiger partial charge in [-0.2, -0.15) is 0 Å². The fourth-order valence-electron chi connectivity index (χ4n) is 4.02. The van der Waals surface area contributed by atoms with Crippen LogP contribution in [0.4, 0.5) is 4.79 Å². The van der Waals surface area contributed by atoms with Crippen LogP contribution in [-0.2, 0) is 0 Å². The van der Waals surface area contributed by atoms with Crippen molar-refractivity contribution in [1.82, 2.24) is 25.5 Å². The summed E-state index contributed by atoms with van der Waals surface area (Å²) in [7, 11) is 0. The summed E-state index contributed by atoms with van der Waals surface area (Å²) in [6.07, 6.45) is 7.93.